The van der Waals surface area contributed by atoms with Crippen LogP contribution in [0.15, 0.2) is 54.6 Å². The van der Waals surface area contributed by atoms with Crippen LogP contribution in [-0.4, -0.2) is 6.54 Å². The Bertz CT molecular complexity index is 590. The molecule has 0 bridgehead atoms. The molecule has 1 unspecified atom stereocenters. The fourth-order valence-electron chi connectivity index (χ4n) is 3.26. The zero-order chi connectivity index (χ0) is 14.7. The van der Waals surface area contributed by atoms with Gasteiger partial charge in [-0.2, -0.15) is 0 Å². The van der Waals surface area contributed by atoms with Crippen LogP contribution in [0.3, 0.4) is 0 Å². The van der Waals surface area contributed by atoms with E-state index in [0.29, 0.717) is 6.04 Å². The van der Waals surface area contributed by atoms with E-state index < -0.39 is 0 Å². The van der Waals surface area contributed by atoms with E-state index in [9.17, 15) is 0 Å². The second-order valence-corrected chi connectivity index (χ2v) is 6.40. The summed E-state index contributed by atoms with van der Waals surface area (Å²) in [6.45, 7) is 3.25. The maximum absolute atomic E-state index is 6.21. The Morgan fingerprint density at radius 3 is 2.48 bits per heavy atom. The van der Waals surface area contributed by atoms with E-state index in [1.165, 1.54) is 24.0 Å². The van der Waals surface area contributed by atoms with Crippen LogP contribution in [0, 0.1) is 0 Å². The van der Waals surface area contributed by atoms with Crippen molar-refractivity contribution in [1.82, 2.24) is 5.32 Å². The van der Waals surface area contributed by atoms with Gasteiger partial charge < -0.3 is 5.32 Å². The van der Waals surface area contributed by atoms with E-state index in [1.54, 1.807) is 0 Å². The first-order valence-electron chi connectivity index (χ1n) is 7.80. The van der Waals surface area contributed by atoms with E-state index in [0.717, 1.165) is 18.0 Å². The van der Waals surface area contributed by atoms with Gasteiger partial charge in [-0.25, -0.2) is 0 Å². The van der Waals surface area contributed by atoms with Crippen molar-refractivity contribution < 1.29 is 0 Å². The lowest BCUT2D eigenvalue weighted by Crippen LogP contribution is -2.32. The third-order valence-electron chi connectivity index (χ3n) is 4.47. The average molecular weight is 300 g/mol. The van der Waals surface area contributed by atoms with Crippen molar-refractivity contribution in [1.29, 1.82) is 0 Å². The van der Waals surface area contributed by atoms with E-state index in [2.05, 4.69) is 60.8 Å². The SMILES string of the molecule is CCCNC(c1cccc(Cl)c1)C1(c2ccccc2)CC1. The molecule has 110 valence electrons. The van der Waals surface area contributed by atoms with Gasteiger partial charge in [0, 0.05) is 16.5 Å². The highest BCUT2D eigenvalue weighted by Gasteiger charge is 2.50. The first-order valence-corrected chi connectivity index (χ1v) is 8.18. The molecule has 2 aromatic carbocycles. The maximum Gasteiger partial charge on any atom is 0.0418 e. The standard InChI is InChI=1S/C19H22ClN/c1-2-13-21-18(15-7-6-10-17(20)14-15)19(11-12-19)16-8-4-3-5-9-16/h3-10,14,18,21H,2,11-13H2,1H3. The summed E-state index contributed by atoms with van der Waals surface area (Å²) in [6, 6.07) is 19.6. The highest BCUT2D eigenvalue weighted by atomic mass is 35.5. The van der Waals surface area contributed by atoms with Gasteiger partial charge in [-0.1, -0.05) is 61.0 Å². The summed E-state index contributed by atoms with van der Waals surface area (Å²) >= 11 is 6.21. The summed E-state index contributed by atoms with van der Waals surface area (Å²) in [4.78, 5) is 0. The molecule has 0 saturated heterocycles. The topological polar surface area (TPSA) is 12.0 Å². The third-order valence-corrected chi connectivity index (χ3v) is 4.71. The molecule has 0 amide bonds. The predicted molar refractivity (Wildman–Crippen MR) is 89.8 cm³/mol. The Hall–Kier alpha value is -1.31. The quantitative estimate of drug-likeness (QED) is 0.781. The summed E-state index contributed by atoms with van der Waals surface area (Å²) in [5.41, 5.74) is 2.98. The van der Waals surface area contributed by atoms with E-state index >= 15 is 0 Å². The number of hydrogen-bond donors (Lipinski definition) is 1. The molecular weight excluding hydrogens is 278 g/mol. The molecule has 2 aromatic rings. The van der Waals surface area contributed by atoms with Gasteiger partial charge in [-0.15, -0.1) is 0 Å². The van der Waals surface area contributed by atoms with Gasteiger partial charge in [-0.3, -0.25) is 0 Å². The van der Waals surface area contributed by atoms with Gasteiger partial charge in [0.2, 0.25) is 0 Å². The van der Waals surface area contributed by atoms with Gasteiger partial charge >= 0.3 is 0 Å². The largest absolute Gasteiger partial charge is 0.309 e. The van der Waals surface area contributed by atoms with Crippen molar-refractivity contribution in [2.45, 2.75) is 37.6 Å². The molecule has 0 aliphatic heterocycles. The van der Waals surface area contributed by atoms with Gasteiger partial charge in [0.1, 0.15) is 0 Å². The summed E-state index contributed by atoms with van der Waals surface area (Å²) in [5, 5.41) is 4.57. The number of benzene rings is 2. The minimum atomic E-state index is 0.237. The Kier molecular flexibility index (Phi) is 4.32. The first kappa shape index (κ1) is 14.6. The normalized spacial score (nSPS) is 17.4. The van der Waals surface area contributed by atoms with Gasteiger partial charge in [0.25, 0.3) is 0 Å². The molecule has 2 heteroatoms. The van der Waals surface area contributed by atoms with Crippen LogP contribution in [0.25, 0.3) is 0 Å². The van der Waals surface area contributed by atoms with Crippen LogP contribution in [0.1, 0.15) is 43.4 Å². The number of halogens is 1. The molecule has 1 atom stereocenters. The van der Waals surface area contributed by atoms with E-state index in [4.69, 9.17) is 11.6 Å². The number of rotatable bonds is 6. The fraction of sp³-hybridized carbons (Fsp3) is 0.368. The Morgan fingerprint density at radius 2 is 1.86 bits per heavy atom. The third kappa shape index (κ3) is 3.00. The lowest BCUT2D eigenvalue weighted by atomic mass is 9.84. The van der Waals surface area contributed by atoms with Gasteiger partial charge in [0.15, 0.2) is 0 Å². The maximum atomic E-state index is 6.21. The van der Waals surface area contributed by atoms with Gasteiger partial charge in [0.05, 0.1) is 0 Å². The summed E-state index contributed by atoms with van der Waals surface area (Å²) in [6.07, 6.45) is 3.62. The minimum Gasteiger partial charge on any atom is -0.309 e. The molecule has 0 spiro atoms. The molecule has 1 nitrogen and oxygen atoms in total. The van der Waals surface area contributed by atoms with Crippen molar-refractivity contribution in [2.75, 3.05) is 6.54 Å². The fourth-order valence-corrected chi connectivity index (χ4v) is 3.45. The van der Waals surface area contributed by atoms with E-state index in [1.807, 2.05) is 6.07 Å². The average Bonchev–Trinajstić information content (AvgIpc) is 3.30. The highest BCUT2D eigenvalue weighted by molar-refractivity contribution is 6.30. The number of hydrogen-bond acceptors (Lipinski definition) is 1. The van der Waals surface area contributed by atoms with Crippen LogP contribution in [-0.2, 0) is 5.41 Å². The number of nitrogens with one attached hydrogen (secondary N) is 1. The lowest BCUT2D eigenvalue weighted by molar-refractivity contribution is 0.429. The summed E-state index contributed by atoms with van der Waals surface area (Å²) in [5.74, 6) is 0. The van der Waals surface area contributed by atoms with E-state index in [-0.39, 0.29) is 5.41 Å². The monoisotopic (exact) mass is 299 g/mol. The molecule has 1 N–H and O–H groups in total. The van der Waals surface area contributed by atoms with Crippen molar-refractivity contribution in [2.24, 2.45) is 0 Å². The van der Waals surface area contributed by atoms with Crippen LogP contribution in [0.2, 0.25) is 5.02 Å². The zero-order valence-corrected chi connectivity index (χ0v) is 13.2. The van der Waals surface area contributed by atoms with Crippen LogP contribution < -0.4 is 5.32 Å². The van der Waals surface area contributed by atoms with Crippen LogP contribution in [0.4, 0.5) is 0 Å². The molecule has 21 heavy (non-hydrogen) atoms. The first-order chi connectivity index (χ1) is 10.3. The smallest absolute Gasteiger partial charge is 0.0418 e. The predicted octanol–water partition coefficient (Wildman–Crippen LogP) is 5.11. The van der Waals surface area contributed by atoms with Gasteiger partial charge in [-0.05, 0) is 49.1 Å². The zero-order valence-electron chi connectivity index (χ0n) is 12.5. The van der Waals surface area contributed by atoms with Crippen molar-refractivity contribution >= 4 is 11.6 Å². The second-order valence-electron chi connectivity index (χ2n) is 5.96. The molecule has 0 heterocycles. The molecule has 1 fully saturated rings. The van der Waals surface area contributed by atoms with Crippen molar-refractivity contribution in [3.8, 4) is 0 Å². The van der Waals surface area contributed by atoms with Crippen LogP contribution >= 0.6 is 11.6 Å². The molecule has 1 saturated carbocycles. The Morgan fingerprint density at radius 1 is 1.10 bits per heavy atom. The second kappa shape index (κ2) is 6.21. The summed E-state index contributed by atoms with van der Waals surface area (Å²) < 4.78 is 0. The summed E-state index contributed by atoms with van der Waals surface area (Å²) in [7, 11) is 0. The molecule has 1 aliphatic carbocycles. The molecule has 0 aromatic heterocycles. The lowest BCUT2D eigenvalue weighted by Gasteiger charge is -2.29. The minimum absolute atomic E-state index is 0.237. The molecular formula is C19H22ClN. The molecule has 0 radical (unpaired) electrons. The van der Waals surface area contributed by atoms with Crippen molar-refractivity contribution in [3.05, 3.63) is 70.7 Å². The Labute approximate surface area is 132 Å². The Balaban J connectivity index is 1.96. The molecule has 3 rings (SSSR count). The van der Waals surface area contributed by atoms with Crippen molar-refractivity contribution in [3.63, 3.8) is 0 Å². The highest BCUT2D eigenvalue weighted by Crippen LogP contribution is 2.56. The molecule has 1 aliphatic rings. The van der Waals surface area contributed by atoms with Crippen LogP contribution in [0.5, 0.6) is 0 Å².